The molecule has 78 valence electrons. The van der Waals surface area contributed by atoms with Gasteiger partial charge in [-0.15, -0.1) is 0 Å². The predicted molar refractivity (Wildman–Crippen MR) is 75.5 cm³/mol. The molecule has 0 heterocycles. The first-order chi connectivity index (χ1) is 6.70. The van der Waals surface area contributed by atoms with Crippen molar-refractivity contribution in [1.82, 2.24) is 10.9 Å². The Labute approximate surface area is 102 Å². The van der Waals surface area contributed by atoms with E-state index in [2.05, 4.69) is 21.1 Å². The number of hydrogen-bond acceptors (Lipinski definition) is 6. The summed E-state index contributed by atoms with van der Waals surface area (Å²) in [6.07, 6.45) is 6.71. The molecule has 0 aromatic rings. The lowest BCUT2D eigenvalue weighted by atomic mass is 10.8. The van der Waals surface area contributed by atoms with Crippen LogP contribution in [0.15, 0.2) is 10.2 Å². The minimum atomic E-state index is 0.613. The zero-order chi connectivity index (χ0) is 10.8. The number of hydrazone groups is 2. The third-order valence-electron chi connectivity index (χ3n) is 0.898. The molecule has 0 atom stereocenters. The van der Waals surface area contributed by atoms with Gasteiger partial charge in [-0.1, -0.05) is 48.0 Å². The van der Waals surface area contributed by atoms with Gasteiger partial charge in [-0.2, -0.15) is 10.2 Å². The molecule has 0 radical (unpaired) electrons. The molecule has 2 N–H and O–H groups in total. The molecule has 0 amide bonds. The SMILES string of the molecule is CSC(=S)N/N=C/C=N/NC(=S)SC. The third kappa shape index (κ3) is 8.42. The van der Waals surface area contributed by atoms with Crippen LogP contribution < -0.4 is 10.9 Å². The Morgan fingerprint density at radius 2 is 1.36 bits per heavy atom. The van der Waals surface area contributed by atoms with Crippen molar-refractivity contribution in [3.8, 4) is 0 Å². The second-order valence-electron chi connectivity index (χ2n) is 1.76. The average molecular weight is 266 g/mol. The fourth-order valence-corrected chi connectivity index (χ4v) is 0.731. The van der Waals surface area contributed by atoms with Gasteiger partial charge in [0.15, 0.2) is 8.64 Å². The van der Waals surface area contributed by atoms with Crippen molar-refractivity contribution in [2.45, 2.75) is 0 Å². The molecule has 0 aliphatic carbocycles. The monoisotopic (exact) mass is 266 g/mol. The summed E-state index contributed by atoms with van der Waals surface area (Å²) in [7, 11) is 0. The molecule has 0 saturated carbocycles. The van der Waals surface area contributed by atoms with E-state index in [4.69, 9.17) is 24.4 Å². The standard InChI is InChI=1S/C6H10N4S4/c1-13-5(11)9-7-3-4-8-10-6(12)14-2/h3-4H,1-2H3,(H,9,11)(H,10,12)/b7-3+,8-4+. The van der Waals surface area contributed by atoms with Crippen LogP contribution in [-0.2, 0) is 0 Å². The number of thioether (sulfide) groups is 2. The summed E-state index contributed by atoms with van der Waals surface area (Å²) in [5, 5.41) is 7.58. The van der Waals surface area contributed by atoms with E-state index in [0.717, 1.165) is 0 Å². The molecule has 0 aliphatic rings. The van der Waals surface area contributed by atoms with E-state index in [9.17, 15) is 0 Å². The van der Waals surface area contributed by atoms with E-state index in [-0.39, 0.29) is 0 Å². The minimum absolute atomic E-state index is 0.613. The molecular formula is C6H10N4S4. The van der Waals surface area contributed by atoms with Gasteiger partial charge in [0.1, 0.15) is 0 Å². The highest BCUT2D eigenvalue weighted by molar-refractivity contribution is 8.22. The Morgan fingerprint density at radius 3 is 1.64 bits per heavy atom. The van der Waals surface area contributed by atoms with Gasteiger partial charge in [0.2, 0.25) is 0 Å². The summed E-state index contributed by atoms with van der Waals surface area (Å²) in [5.74, 6) is 0. The Balaban J connectivity index is 3.60. The van der Waals surface area contributed by atoms with Gasteiger partial charge in [0.25, 0.3) is 0 Å². The van der Waals surface area contributed by atoms with Crippen LogP contribution in [0.4, 0.5) is 0 Å². The number of nitrogens with zero attached hydrogens (tertiary/aromatic N) is 2. The van der Waals surface area contributed by atoms with Gasteiger partial charge in [-0.25, -0.2) is 0 Å². The number of nitrogens with one attached hydrogen (secondary N) is 2. The van der Waals surface area contributed by atoms with Crippen LogP contribution in [0.2, 0.25) is 0 Å². The van der Waals surface area contributed by atoms with Crippen molar-refractivity contribution >= 4 is 69.0 Å². The van der Waals surface area contributed by atoms with Gasteiger partial charge in [0.05, 0.1) is 12.4 Å². The van der Waals surface area contributed by atoms with Crippen molar-refractivity contribution in [2.24, 2.45) is 10.2 Å². The highest BCUT2D eigenvalue weighted by Gasteiger charge is 1.86. The van der Waals surface area contributed by atoms with Crippen molar-refractivity contribution in [3.63, 3.8) is 0 Å². The van der Waals surface area contributed by atoms with Gasteiger partial charge in [-0.05, 0) is 12.5 Å². The third-order valence-corrected chi connectivity index (χ3v) is 3.00. The molecule has 0 unspecified atom stereocenters. The smallest absolute Gasteiger partial charge is 0.153 e. The van der Waals surface area contributed by atoms with Crippen LogP contribution in [0.25, 0.3) is 0 Å². The van der Waals surface area contributed by atoms with E-state index >= 15 is 0 Å². The average Bonchev–Trinajstić information content (AvgIpc) is 2.22. The van der Waals surface area contributed by atoms with Crippen LogP contribution in [0.1, 0.15) is 0 Å². The first kappa shape index (κ1) is 13.8. The molecule has 0 saturated heterocycles. The molecule has 8 heteroatoms. The Hall–Kier alpha value is -0.180. The maximum Gasteiger partial charge on any atom is 0.153 e. The van der Waals surface area contributed by atoms with Gasteiger partial charge in [-0.3, -0.25) is 10.9 Å². The van der Waals surface area contributed by atoms with E-state index < -0.39 is 0 Å². The van der Waals surface area contributed by atoms with E-state index in [1.165, 1.54) is 36.0 Å². The summed E-state index contributed by atoms with van der Waals surface area (Å²) in [6.45, 7) is 0. The maximum atomic E-state index is 4.85. The molecule has 0 bridgehead atoms. The predicted octanol–water partition coefficient (Wildman–Crippen LogP) is 1.43. The van der Waals surface area contributed by atoms with Gasteiger partial charge < -0.3 is 0 Å². The molecule has 14 heavy (non-hydrogen) atoms. The largest absolute Gasteiger partial charge is 0.262 e. The highest BCUT2D eigenvalue weighted by atomic mass is 32.2. The van der Waals surface area contributed by atoms with E-state index in [1.807, 2.05) is 12.5 Å². The molecule has 0 spiro atoms. The molecule has 0 aliphatic heterocycles. The Morgan fingerprint density at radius 1 is 1.00 bits per heavy atom. The molecule has 0 rings (SSSR count). The van der Waals surface area contributed by atoms with Crippen LogP contribution in [-0.4, -0.2) is 33.6 Å². The highest BCUT2D eigenvalue weighted by Crippen LogP contribution is 1.92. The molecular weight excluding hydrogens is 256 g/mol. The van der Waals surface area contributed by atoms with Crippen LogP contribution >= 0.6 is 48.0 Å². The zero-order valence-electron chi connectivity index (χ0n) is 7.68. The summed E-state index contributed by atoms with van der Waals surface area (Å²) in [4.78, 5) is 0. The molecule has 0 fully saturated rings. The molecule has 0 aromatic heterocycles. The maximum absolute atomic E-state index is 4.85. The lowest BCUT2D eigenvalue weighted by Gasteiger charge is -1.95. The fraction of sp³-hybridized carbons (Fsp3) is 0.333. The second kappa shape index (κ2) is 9.38. The second-order valence-corrected chi connectivity index (χ2v) is 4.73. The van der Waals surface area contributed by atoms with Crippen LogP contribution in [0.5, 0.6) is 0 Å². The Kier molecular flexibility index (Phi) is 9.26. The quantitative estimate of drug-likeness (QED) is 0.458. The molecule has 0 aromatic carbocycles. The normalized spacial score (nSPS) is 10.7. The van der Waals surface area contributed by atoms with E-state index in [1.54, 1.807) is 0 Å². The first-order valence-electron chi connectivity index (χ1n) is 3.43. The minimum Gasteiger partial charge on any atom is -0.262 e. The van der Waals surface area contributed by atoms with Crippen molar-refractivity contribution in [3.05, 3.63) is 0 Å². The lowest BCUT2D eigenvalue weighted by molar-refractivity contribution is 1.07. The van der Waals surface area contributed by atoms with Crippen LogP contribution in [0.3, 0.4) is 0 Å². The summed E-state index contributed by atoms with van der Waals surface area (Å²) in [5.41, 5.74) is 5.28. The number of rotatable bonds is 3. The van der Waals surface area contributed by atoms with E-state index in [0.29, 0.717) is 8.64 Å². The zero-order valence-corrected chi connectivity index (χ0v) is 10.9. The van der Waals surface area contributed by atoms with Crippen molar-refractivity contribution in [1.29, 1.82) is 0 Å². The van der Waals surface area contributed by atoms with Gasteiger partial charge >= 0.3 is 0 Å². The van der Waals surface area contributed by atoms with Crippen LogP contribution in [0, 0.1) is 0 Å². The number of hydrogen-bond donors (Lipinski definition) is 2. The van der Waals surface area contributed by atoms with Crippen molar-refractivity contribution in [2.75, 3.05) is 12.5 Å². The molecule has 4 nitrogen and oxygen atoms in total. The van der Waals surface area contributed by atoms with Gasteiger partial charge in [0, 0.05) is 0 Å². The van der Waals surface area contributed by atoms with Crippen molar-refractivity contribution < 1.29 is 0 Å². The Bertz CT molecular complexity index is 224. The summed E-state index contributed by atoms with van der Waals surface area (Å²) < 4.78 is 1.23. The summed E-state index contributed by atoms with van der Waals surface area (Å²) >= 11 is 12.5. The number of thiocarbonyl (C=S) groups is 2. The lowest BCUT2D eigenvalue weighted by Crippen LogP contribution is -2.12. The first-order valence-corrected chi connectivity index (χ1v) is 6.70. The fourth-order valence-electron chi connectivity index (χ4n) is 0.338. The summed E-state index contributed by atoms with van der Waals surface area (Å²) in [6, 6.07) is 0. The topological polar surface area (TPSA) is 48.8 Å².